The number of unbranched alkanes of at least 4 members (excludes halogenated alkanes) is 2. The van der Waals surface area contributed by atoms with Crippen LogP contribution in [0.4, 0.5) is 0 Å². The molecule has 2 nitrogen and oxygen atoms in total. The van der Waals surface area contributed by atoms with E-state index in [4.69, 9.17) is 0 Å². The smallest absolute Gasteiger partial charge is 0.184 e. The number of nitrogens with one attached hydrogen (secondary N) is 2. The minimum Gasteiger partial charge on any atom is -0.328 e. The van der Waals surface area contributed by atoms with Crippen molar-refractivity contribution in [3.63, 3.8) is 0 Å². The molecule has 0 aliphatic carbocycles. The Balaban J connectivity index is 3.34. The molecule has 0 aliphatic rings. The average Bonchev–Trinajstić information content (AvgIpc) is 2.06. The first-order valence-corrected chi connectivity index (χ1v) is 7.29. The van der Waals surface area contributed by atoms with Gasteiger partial charge in [0, 0.05) is 0 Å². The van der Waals surface area contributed by atoms with Crippen molar-refractivity contribution in [1.29, 1.82) is 0 Å². The van der Waals surface area contributed by atoms with Crippen LogP contribution in [0.1, 0.15) is 40.0 Å². The van der Waals surface area contributed by atoms with E-state index in [1.807, 2.05) is 0 Å². The maximum Gasteiger partial charge on any atom is 0.184 e. The van der Waals surface area contributed by atoms with Crippen LogP contribution >= 0.6 is 0 Å². The van der Waals surface area contributed by atoms with Crippen LogP contribution in [-0.4, -0.2) is 22.2 Å². The van der Waals surface area contributed by atoms with E-state index in [0.717, 1.165) is 13.1 Å². The van der Waals surface area contributed by atoms with Gasteiger partial charge >= 0.3 is 0 Å². The third-order valence-corrected chi connectivity index (χ3v) is 4.79. The zero-order valence-corrected chi connectivity index (χ0v) is 9.97. The summed E-state index contributed by atoms with van der Waals surface area (Å²) in [6.45, 7) is 8.89. The molecule has 0 heterocycles. The van der Waals surface area contributed by atoms with Crippen LogP contribution in [0.3, 0.4) is 0 Å². The van der Waals surface area contributed by atoms with Crippen molar-refractivity contribution in [1.82, 2.24) is 9.96 Å². The van der Waals surface area contributed by atoms with Crippen molar-refractivity contribution in [2.45, 2.75) is 46.1 Å². The number of hydrogen-bond acceptors (Lipinski definition) is 2. The average molecular weight is 188 g/mol. The number of rotatable bonds is 8. The molecule has 2 N–H and O–H groups in total. The van der Waals surface area contributed by atoms with Crippen molar-refractivity contribution in [2.24, 2.45) is 0 Å². The molecule has 0 bridgehead atoms. The third kappa shape index (κ3) is 6.82. The predicted molar refractivity (Wildman–Crippen MR) is 58.8 cm³/mol. The standard InChI is InChI=1S/C9H24N2Si/c1-4-7-8-9-12(10-5-2)11-6-3/h10-12H,4-9H2,1-3H3. The topological polar surface area (TPSA) is 24.1 Å². The Kier molecular flexibility index (Phi) is 9.33. The zero-order chi connectivity index (χ0) is 9.23. The summed E-state index contributed by atoms with van der Waals surface area (Å²) in [4.78, 5) is 7.14. The molecular formula is C9H24N2Si. The highest BCUT2D eigenvalue weighted by Gasteiger charge is 2.06. The Hall–Kier alpha value is 0.137. The van der Waals surface area contributed by atoms with Gasteiger partial charge in [0.05, 0.1) is 0 Å². The molecular weight excluding hydrogens is 164 g/mol. The van der Waals surface area contributed by atoms with Crippen molar-refractivity contribution < 1.29 is 0 Å². The fraction of sp³-hybridized carbons (Fsp3) is 1.00. The van der Waals surface area contributed by atoms with Crippen LogP contribution in [0.15, 0.2) is 0 Å². The summed E-state index contributed by atoms with van der Waals surface area (Å²) in [7, 11) is -0.765. The Morgan fingerprint density at radius 3 is 1.92 bits per heavy atom. The van der Waals surface area contributed by atoms with Crippen LogP contribution in [0.2, 0.25) is 6.04 Å². The lowest BCUT2D eigenvalue weighted by Crippen LogP contribution is -2.46. The molecule has 0 rings (SSSR count). The third-order valence-electron chi connectivity index (χ3n) is 2.00. The summed E-state index contributed by atoms with van der Waals surface area (Å²) in [6, 6.07) is 1.40. The second-order valence-corrected chi connectivity index (χ2v) is 5.66. The van der Waals surface area contributed by atoms with Crippen molar-refractivity contribution in [2.75, 3.05) is 13.1 Å². The molecule has 0 aliphatic heterocycles. The first-order valence-electron chi connectivity index (χ1n) is 5.31. The monoisotopic (exact) mass is 188 g/mol. The highest BCUT2D eigenvalue weighted by Crippen LogP contribution is 2.00. The van der Waals surface area contributed by atoms with Gasteiger partial charge < -0.3 is 9.96 Å². The molecule has 12 heavy (non-hydrogen) atoms. The van der Waals surface area contributed by atoms with Gasteiger partial charge in [-0.05, 0) is 19.1 Å². The summed E-state index contributed by atoms with van der Waals surface area (Å²) < 4.78 is 0. The van der Waals surface area contributed by atoms with Gasteiger partial charge in [-0.2, -0.15) is 0 Å². The van der Waals surface area contributed by atoms with Crippen molar-refractivity contribution in [3.8, 4) is 0 Å². The maximum atomic E-state index is 3.57. The quantitative estimate of drug-likeness (QED) is 0.447. The summed E-state index contributed by atoms with van der Waals surface area (Å²) in [5, 5.41) is 0. The molecule has 0 atom stereocenters. The SMILES string of the molecule is CCCCC[SiH](NCC)NCC. The van der Waals surface area contributed by atoms with Gasteiger partial charge in [0.25, 0.3) is 0 Å². The molecule has 0 unspecified atom stereocenters. The van der Waals surface area contributed by atoms with Crippen LogP contribution in [0, 0.1) is 0 Å². The van der Waals surface area contributed by atoms with Gasteiger partial charge in [0.2, 0.25) is 0 Å². The molecule has 0 saturated carbocycles. The first kappa shape index (κ1) is 12.1. The lowest BCUT2D eigenvalue weighted by molar-refractivity contribution is 0.747. The summed E-state index contributed by atoms with van der Waals surface area (Å²) in [5.74, 6) is 0. The maximum absolute atomic E-state index is 3.57. The molecule has 0 radical (unpaired) electrons. The van der Waals surface area contributed by atoms with Gasteiger partial charge in [-0.1, -0.05) is 40.0 Å². The van der Waals surface area contributed by atoms with E-state index in [0.29, 0.717) is 0 Å². The normalized spacial score (nSPS) is 11.0. The largest absolute Gasteiger partial charge is 0.328 e. The summed E-state index contributed by atoms with van der Waals surface area (Å²) >= 11 is 0. The first-order chi connectivity index (χ1) is 5.85. The van der Waals surface area contributed by atoms with E-state index in [9.17, 15) is 0 Å². The molecule has 74 valence electrons. The molecule has 0 saturated heterocycles. The second-order valence-electron chi connectivity index (χ2n) is 3.16. The fourth-order valence-electron chi connectivity index (χ4n) is 1.37. The van der Waals surface area contributed by atoms with Gasteiger partial charge in [0.1, 0.15) is 0 Å². The van der Waals surface area contributed by atoms with Crippen LogP contribution < -0.4 is 9.96 Å². The molecule has 3 heteroatoms. The summed E-state index contributed by atoms with van der Waals surface area (Å²) in [6.07, 6.45) is 4.12. The Morgan fingerprint density at radius 1 is 0.917 bits per heavy atom. The highest BCUT2D eigenvalue weighted by atomic mass is 28.3. The van der Waals surface area contributed by atoms with E-state index in [1.54, 1.807) is 0 Å². The molecule has 0 aromatic rings. The van der Waals surface area contributed by atoms with Gasteiger partial charge in [-0.25, -0.2) is 0 Å². The minimum atomic E-state index is -0.765. The highest BCUT2D eigenvalue weighted by molar-refractivity contribution is 6.53. The Labute approximate surface area is 78.9 Å². The van der Waals surface area contributed by atoms with Crippen LogP contribution in [-0.2, 0) is 0 Å². The lowest BCUT2D eigenvalue weighted by atomic mass is 10.3. The summed E-state index contributed by atoms with van der Waals surface area (Å²) in [5.41, 5.74) is 0. The fourth-order valence-corrected chi connectivity index (χ4v) is 3.60. The van der Waals surface area contributed by atoms with Crippen molar-refractivity contribution >= 4 is 9.12 Å². The van der Waals surface area contributed by atoms with Crippen LogP contribution in [0.25, 0.3) is 0 Å². The van der Waals surface area contributed by atoms with E-state index >= 15 is 0 Å². The molecule has 0 spiro atoms. The molecule has 0 fully saturated rings. The van der Waals surface area contributed by atoms with Gasteiger partial charge in [-0.15, -0.1) is 0 Å². The van der Waals surface area contributed by atoms with Gasteiger partial charge in [-0.3, -0.25) is 0 Å². The Bertz CT molecular complexity index is 82.6. The molecule has 0 aromatic carbocycles. The van der Waals surface area contributed by atoms with Gasteiger partial charge in [0.15, 0.2) is 9.12 Å². The second kappa shape index (κ2) is 9.23. The number of hydrogen-bond donors (Lipinski definition) is 2. The molecule has 0 amide bonds. The molecule has 0 aromatic heterocycles. The lowest BCUT2D eigenvalue weighted by Gasteiger charge is -2.15. The zero-order valence-electron chi connectivity index (χ0n) is 8.82. The van der Waals surface area contributed by atoms with Crippen LogP contribution in [0.5, 0.6) is 0 Å². The van der Waals surface area contributed by atoms with E-state index in [-0.39, 0.29) is 0 Å². The predicted octanol–water partition coefficient (Wildman–Crippen LogP) is 1.62. The van der Waals surface area contributed by atoms with E-state index < -0.39 is 9.12 Å². The minimum absolute atomic E-state index is 0.765. The van der Waals surface area contributed by atoms with E-state index in [2.05, 4.69) is 30.7 Å². The van der Waals surface area contributed by atoms with Crippen molar-refractivity contribution in [3.05, 3.63) is 0 Å². The van der Waals surface area contributed by atoms with E-state index in [1.165, 1.54) is 25.3 Å². The Morgan fingerprint density at radius 2 is 1.50 bits per heavy atom.